The standard InChI is InChI=1S/C17H17NOS/c1-12-8-10-20-15(12)16(2,19)17(11-18)9-7-13-5-3-4-6-14(13)17/h3-6,8,10,19H,7,9H2,1-2H3. The summed E-state index contributed by atoms with van der Waals surface area (Å²) in [6, 6.07) is 12.4. The highest BCUT2D eigenvalue weighted by Gasteiger charge is 2.54. The Bertz CT molecular complexity index is 695. The number of fused-ring (bicyclic) bond motifs is 1. The molecule has 0 radical (unpaired) electrons. The van der Waals surface area contributed by atoms with Gasteiger partial charge in [-0.05, 0) is 54.8 Å². The van der Waals surface area contributed by atoms with Gasteiger partial charge in [0.25, 0.3) is 0 Å². The molecule has 2 nitrogen and oxygen atoms in total. The van der Waals surface area contributed by atoms with Crippen molar-refractivity contribution in [3.8, 4) is 6.07 Å². The summed E-state index contributed by atoms with van der Waals surface area (Å²) >= 11 is 1.53. The molecule has 2 unspecified atom stereocenters. The lowest BCUT2D eigenvalue weighted by Crippen LogP contribution is -2.44. The fourth-order valence-electron chi connectivity index (χ4n) is 3.41. The van der Waals surface area contributed by atoms with Crippen molar-refractivity contribution in [3.05, 3.63) is 57.3 Å². The van der Waals surface area contributed by atoms with Crippen LogP contribution in [-0.2, 0) is 17.4 Å². The summed E-state index contributed by atoms with van der Waals surface area (Å²) in [5.74, 6) is 0. The second-order valence-electron chi connectivity index (χ2n) is 5.68. The van der Waals surface area contributed by atoms with Gasteiger partial charge in [-0.15, -0.1) is 11.3 Å². The van der Waals surface area contributed by atoms with E-state index in [9.17, 15) is 10.4 Å². The first-order valence-corrected chi connectivity index (χ1v) is 7.67. The van der Waals surface area contributed by atoms with Gasteiger partial charge in [-0.2, -0.15) is 5.26 Å². The zero-order chi connectivity index (χ0) is 14.4. The summed E-state index contributed by atoms with van der Waals surface area (Å²) in [5, 5.41) is 23.1. The Morgan fingerprint density at radius 1 is 1.35 bits per heavy atom. The number of hydrogen-bond donors (Lipinski definition) is 1. The second-order valence-corrected chi connectivity index (χ2v) is 6.60. The van der Waals surface area contributed by atoms with Crippen molar-refractivity contribution in [2.24, 2.45) is 0 Å². The van der Waals surface area contributed by atoms with Gasteiger partial charge in [-0.25, -0.2) is 0 Å². The summed E-state index contributed by atoms with van der Waals surface area (Å²) < 4.78 is 0. The van der Waals surface area contributed by atoms with E-state index in [2.05, 4.69) is 12.1 Å². The van der Waals surface area contributed by atoms with Gasteiger partial charge in [0, 0.05) is 4.88 Å². The van der Waals surface area contributed by atoms with Crippen LogP contribution in [0.15, 0.2) is 35.7 Å². The number of aryl methyl sites for hydroxylation is 2. The molecule has 0 saturated carbocycles. The Balaban J connectivity index is 2.22. The van der Waals surface area contributed by atoms with Crippen molar-refractivity contribution < 1.29 is 5.11 Å². The number of thiophene rings is 1. The Labute approximate surface area is 123 Å². The minimum absolute atomic E-state index is 0.674. The maximum atomic E-state index is 11.2. The van der Waals surface area contributed by atoms with E-state index in [0.29, 0.717) is 6.42 Å². The molecular formula is C17H17NOS. The van der Waals surface area contributed by atoms with Crippen molar-refractivity contribution in [2.75, 3.05) is 0 Å². The topological polar surface area (TPSA) is 44.0 Å². The fourth-order valence-corrected chi connectivity index (χ4v) is 4.47. The Kier molecular flexibility index (Phi) is 2.97. The van der Waals surface area contributed by atoms with Crippen LogP contribution in [0.25, 0.3) is 0 Å². The van der Waals surface area contributed by atoms with Crippen LogP contribution in [0.5, 0.6) is 0 Å². The first-order chi connectivity index (χ1) is 9.53. The molecule has 2 atom stereocenters. The molecule has 0 amide bonds. The van der Waals surface area contributed by atoms with Crippen molar-refractivity contribution in [2.45, 2.75) is 37.7 Å². The summed E-state index contributed by atoms with van der Waals surface area (Å²) in [5.41, 5.74) is 1.22. The minimum Gasteiger partial charge on any atom is -0.383 e. The van der Waals surface area contributed by atoms with Gasteiger partial charge in [0.1, 0.15) is 11.0 Å². The lowest BCUT2D eigenvalue weighted by molar-refractivity contribution is -0.00112. The summed E-state index contributed by atoms with van der Waals surface area (Å²) in [4.78, 5) is 0.899. The highest BCUT2D eigenvalue weighted by Crippen LogP contribution is 2.52. The van der Waals surface area contributed by atoms with E-state index < -0.39 is 11.0 Å². The molecule has 1 aromatic heterocycles. The van der Waals surface area contributed by atoms with Crippen molar-refractivity contribution in [1.29, 1.82) is 5.26 Å². The third-order valence-corrected chi connectivity index (χ3v) is 5.80. The van der Waals surface area contributed by atoms with Crippen LogP contribution in [0, 0.1) is 18.3 Å². The number of rotatable bonds is 2. The highest BCUT2D eigenvalue weighted by atomic mass is 32.1. The van der Waals surface area contributed by atoms with Crippen LogP contribution >= 0.6 is 11.3 Å². The van der Waals surface area contributed by atoms with E-state index in [1.165, 1.54) is 16.9 Å². The maximum Gasteiger partial charge on any atom is 0.119 e. The largest absolute Gasteiger partial charge is 0.383 e. The third kappa shape index (κ3) is 1.59. The Hall–Kier alpha value is -1.63. The van der Waals surface area contributed by atoms with Crippen LogP contribution in [0.1, 0.15) is 34.9 Å². The van der Waals surface area contributed by atoms with Crippen molar-refractivity contribution >= 4 is 11.3 Å². The molecule has 0 fully saturated rings. The average molecular weight is 283 g/mol. The normalized spacial score (nSPS) is 23.9. The number of nitrogens with zero attached hydrogens (tertiary/aromatic N) is 1. The van der Waals surface area contributed by atoms with Gasteiger partial charge < -0.3 is 5.11 Å². The van der Waals surface area contributed by atoms with Crippen LogP contribution in [-0.4, -0.2) is 5.11 Å². The molecule has 2 aromatic rings. The second kappa shape index (κ2) is 4.44. The van der Waals surface area contributed by atoms with Gasteiger partial charge in [0.2, 0.25) is 0 Å². The molecule has 3 rings (SSSR count). The van der Waals surface area contributed by atoms with Crippen molar-refractivity contribution in [1.82, 2.24) is 0 Å². The molecule has 1 aliphatic carbocycles. The third-order valence-electron chi connectivity index (χ3n) is 4.57. The first-order valence-electron chi connectivity index (χ1n) is 6.79. The monoisotopic (exact) mass is 283 g/mol. The predicted molar refractivity (Wildman–Crippen MR) is 80.7 cm³/mol. The molecule has 3 heteroatoms. The number of benzene rings is 1. The minimum atomic E-state index is -1.16. The molecule has 1 aromatic carbocycles. The van der Waals surface area contributed by atoms with E-state index in [1.807, 2.05) is 36.6 Å². The van der Waals surface area contributed by atoms with Crippen LogP contribution < -0.4 is 0 Å². The van der Waals surface area contributed by atoms with Crippen molar-refractivity contribution in [3.63, 3.8) is 0 Å². The highest BCUT2D eigenvalue weighted by molar-refractivity contribution is 7.10. The summed E-state index contributed by atoms with van der Waals surface area (Å²) in [7, 11) is 0. The quantitative estimate of drug-likeness (QED) is 0.914. The van der Waals surface area contributed by atoms with Crippen LogP contribution in [0.2, 0.25) is 0 Å². The number of hydrogen-bond acceptors (Lipinski definition) is 3. The zero-order valence-corrected chi connectivity index (χ0v) is 12.5. The smallest absolute Gasteiger partial charge is 0.119 e. The zero-order valence-electron chi connectivity index (χ0n) is 11.7. The Morgan fingerprint density at radius 3 is 2.75 bits per heavy atom. The first kappa shape index (κ1) is 13.4. The molecule has 1 heterocycles. The molecule has 0 spiro atoms. The lowest BCUT2D eigenvalue weighted by Gasteiger charge is -2.38. The van der Waals surface area contributed by atoms with E-state index in [1.54, 1.807) is 6.92 Å². The lowest BCUT2D eigenvalue weighted by atomic mass is 9.68. The van der Waals surface area contributed by atoms with Gasteiger partial charge >= 0.3 is 0 Å². The average Bonchev–Trinajstić information content (AvgIpc) is 3.03. The molecule has 0 bridgehead atoms. The fraction of sp³-hybridized carbons (Fsp3) is 0.353. The SMILES string of the molecule is Cc1ccsc1C(C)(O)C1(C#N)CCc2ccccc21. The predicted octanol–water partition coefficient (Wildman–Crippen LogP) is 3.67. The molecular weight excluding hydrogens is 266 g/mol. The van der Waals surface area contributed by atoms with E-state index in [-0.39, 0.29) is 0 Å². The van der Waals surface area contributed by atoms with E-state index in [0.717, 1.165) is 22.4 Å². The number of aliphatic hydroxyl groups is 1. The summed E-state index contributed by atoms with van der Waals surface area (Å²) in [6.45, 7) is 3.78. The Morgan fingerprint density at radius 2 is 2.10 bits per heavy atom. The number of nitriles is 1. The molecule has 102 valence electrons. The maximum absolute atomic E-state index is 11.2. The van der Waals surface area contributed by atoms with Gasteiger partial charge in [-0.1, -0.05) is 24.3 Å². The van der Waals surface area contributed by atoms with Crippen LogP contribution in [0.3, 0.4) is 0 Å². The van der Waals surface area contributed by atoms with E-state index in [4.69, 9.17) is 0 Å². The summed E-state index contributed by atoms with van der Waals surface area (Å²) in [6.07, 6.45) is 1.53. The molecule has 1 N–H and O–H groups in total. The van der Waals surface area contributed by atoms with E-state index >= 15 is 0 Å². The molecule has 0 aliphatic heterocycles. The van der Waals surface area contributed by atoms with Gasteiger partial charge in [0.05, 0.1) is 6.07 Å². The molecule has 1 aliphatic rings. The molecule has 20 heavy (non-hydrogen) atoms. The molecule has 0 saturated heterocycles. The van der Waals surface area contributed by atoms with Gasteiger partial charge in [-0.3, -0.25) is 0 Å². The van der Waals surface area contributed by atoms with Crippen LogP contribution in [0.4, 0.5) is 0 Å². The van der Waals surface area contributed by atoms with Gasteiger partial charge in [0.15, 0.2) is 0 Å².